The second-order valence-corrected chi connectivity index (χ2v) is 5.92. The average molecular weight is 303 g/mol. The molecular formula is C20H17NO2. The normalized spacial score (nSPS) is 13.3. The van der Waals surface area contributed by atoms with E-state index >= 15 is 0 Å². The molecule has 23 heavy (non-hydrogen) atoms. The van der Waals surface area contributed by atoms with Crippen molar-refractivity contribution < 1.29 is 9.21 Å². The highest BCUT2D eigenvalue weighted by Gasteiger charge is 2.20. The smallest absolute Gasteiger partial charge is 0.287 e. The van der Waals surface area contributed by atoms with E-state index in [0.717, 1.165) is 12.0 Å². The molecule has 0 fully saturated rings. The highest BCUT2D eigenvalue weighted by Crippen LogP contribution is 2.37. The van der Waals surface area contributed by atoms with Gasteiger partial charge in [-0.25, -0.2) is 0 Å². The number of carbonyl (C=O) groups excluding carboxylic acids is 1. The molecule has 1 aromatic heterocycles. The Bertz CT molecular complexity index is 865. The number of fused-ring (bicyclic) bond motifs is 3. The Kier molecular flexibility index (Phi) is 3.27. The molecule has 2 aromatic carbocycles. The number of benzene rings is 2. The van der Waals surface area contributed by atoms with Crippen molar-refractivity contribution in [1.82, 2.24) is 5.32 Å². The summed E-state index contributed by atoms with van der Waals surface area (Å²) in [6.07, 6.45) is 2.46. The fourth-order valence-corrected chi connectivity index (χ4v) is 3.19. The molecule has 1 atom stereocenters. The van der Waals surface area contributed by atoms with Gasteiger partial charge in [0.1, 0.15) is 0 Å². The third-order valence-electron chi connectivity index (χ3n) is 4.41. The molecule has 3 heteroatoms. The van der Waals surface area contributed by atoms with Crippen LogP contribution in [0.1, 0.15) is 40.2 Å². The molecule has 0 radical (unpaired) electrons. The fourth-order valence-electron chi connectivity index (χ4n) is 3.19. The summed E-state index contributed by atoms with van der Waals surface area (Å²) >= 11 is 0. The van der Waals surface area contributed by atoms with Gasteiger partial charge in [0.2, 0.25) is 0 Å². The number of carbonyl (C=O) groups is 1. The lowest BCUT2D eigenvalue weighted by Crippen LogP contribution is -2.26. The predicted octanol–water partition coefficient (Wildman–Crippen LogP) is 4.34. The van der Waals surface area contributed by atoms with Crippen LogP contribution in [0.3, 0.4) is 0 Å². The maximum atomic E-state index is 12.1. The first-order valence-electron chi connectivity index (χ1n) is 7.78. The minimum Gasteiger partial charge on any atom is -0.459 e. The van der Waals surface area contributed by atoms with Gasteiger partial charge in [0.05, 0.1) is 12.3 Å². The van der Waals surface area contributed by atoms with Crippen LogP contribution in [0.25, 0.3) is 11.1 Å². The van der Waals surface area contributed by atoms with Crippen molar-refractivity contribution in [2.45, 2.75) is 19.4 Å². The van der Waals surface area contributed by atoms with E-state index in [0.29, 0.717) is 5.76 Å². The molecule has 1 amide bonds. The third-order valence-corrected chi connectivity index (χ3v) is 4.41. The first-order chi connectivity index (χ1) is 11.2. The van der Waals surface area contributed by atoms with Crippen molar-refractivity contribution in [2.24, 2.45) is 0 Å². The second kappa shape index (κ2) is 5.43. The summed E-state index contributed by atoms with van der Waals surface area (Å²) in [7, 11) is 0. The molecule has 3 aromatic rings. The van der Waals surface area contributed by atoms with Gasteiger partial charge < -0.3 is 9.73 Å². The molecule has 1 N–H and O–H groups in total. The lowest BCUT2D eigenvalue weighted by atomic mass is 10.0. The largest absolute Gasteiger partial charge is 0.459 e. The van der Waals surface area contributed by atoms with Crippen LogP contribution in [0.5, 0.6) is 0 Å². The van der Waals surface area contributed by atoms with E-state index in [2.05, 4.69) is 47.8 Å². The zero-order chi connectivity index (χ0) is 15.8. The van der Waals surface area contributed by atoms with E-state index in [1.807, 2.05) is 6.92 Å². The first kappa shape index (κ1) is 13.8. The van der Waals surface area contributed by atoms with Gasteiger partial charge in [-0.15, -0.1) is 0 Å². The van der Waals surface area contributed by atoms with E-state index in [9.17, 15) is 4.79 Å². The Balaban J connectivity index is 1.57. The Morgan fingerprint density at radius 3 is 2.70 bits per heavy atom. The quantitative estimate of drug-likeness (QED) is 0.611. The molecule has 1 heterocycles. The van der Waals surface area contributed by atoms with Crippen molar-refractivity contribution >= 4 is 5.91 Å². The first-order valence-corrected chi connectivity index (χ1v) is 7.78. The van der Waals surface area contributed by atoms with E-state index in [1.165, 1.54) is 28.5 Å². The number of hydrogen-bond donors (Lipinski definition) is 1. The minimum absolute atomic E-state index is 0.0680. The Labute approximate surface area is 135 Å². The van der Waals surface area contributed by atoms with Crippen molar-refractivity contribution in [3.05, 3.63) is 83.3 Å². The van der Waals surface area contributed by atoms with Crippen molar-refractivity contribution in [2.75, 3.05) is 0 Å². The average Bonchev–Trinajstić information content (AvgIpc) is 3.21. The van der Waals surface area contributed by atoms with Crippen molar-refractivity contribution in [3.63, 3.8) is 0 Å². The zero-order valence-electron chi connectivity index (χ0n) is 12.9. The van der Waals surface area contributed by atoms with Crippen molar-refractivity contribution in [1.29, 1.82) is 0 Å². The van der Waals surface area contributed by atoms with Crippen LogP contribution in [-0.4, -0.2) is 5.91 Å². The van der Waals surface area contributed by atoms with E-state index in [4.69, 9.17) is 4.42 Å². The Hall–Kier alpha value is -2.81. The summed E-state index contributed by atoms with van der Waals surface area (Å²) in [5.41, 5.74) is 6.42. The molecule has 1 unspecified atom stereocenters. The predicted molar refractivity (Wildman–Crippen MR) is 89.3 cm³/mol. The highest BCUT2D eigenvalue weighted by molar-refractivity contribution is 5.91. The molecule has 0 aliphatic heterocycles. The van der Waals surface area contributed by atoms with Crippen LogP contribution in [0.4, 0.5) is 0 Å². The van der Waals surface area contributed by atoms with E-state index < -0.39 is 0 Å². The zero-order valence-corrected chi connectivity index (χ0v) is 12.9. The molecule has 114 valence electrons. The maximum Gasteiger partial charge on any atom is 0.287 e. The summed E-state index contributed by atoms with van der Waals surface area (Å²) in [6, 6.07) is 18.3. The third kappa shape index (κ3) is 2.44. The molecule has 0 bridgehead atoms. The number of amides is 1. The van der Waals surface area contributed by atoms with Crippen molar-refractivity contribution in [3.8, 4) is 11.1 Å². The minimum atomic E-state index is -0.189. The monoisotopic (exact) mass is 303 g/mol. The molecule has 1 aliphatic rings. The lowest BCUT2D eigenvalue weighted by molar-refractivity contribution is 0.0912. The summed E-state index contributed by atoms with van der Waals surface area (Å²) in [5.74, 6) is 0.150. The van der Waals surface area contributed by atoms with Crippen LogP contribution in [0, 0.1) is 0 Å². The molecule has 1 aliphatic carbocycles. The molecule has 0 saturated carbocycles. The molecular weight excluding hydrogens is 286 g/mol. The molecule has 4 rings (SSSR count). The van der Waals surface area contributed by atoms with Gasteiger partial charge in [0.25, 0.3) is 5.91 Å². The summed E-state index contributed by atoms with van der Waals surface area (Å²) in [4.78, 5) is 12.1. The number of rotatable bonds is 3. The van der Waals surface area contributed by atoms with E-state index in [-0.39, 0.29) is 11.9 Å². The summed E-state index contributed by atoms with van der Waals surface area (Å²) in [5, 5.41) is 2.98. The number of nitrogens with one attached hydrogen (secondary N) is 1. The Morgan fingerprint density at radius 1 is 1.04 bits per heavy atom. The molecule has 3 nitrogen and oxygen atoms in total. The van der Waals surface area contributed by atoms with Crippen LogP contribution < -0.4 is 5.32 Å². The SMILES string of the molecule is CC(NC(=O)c1ccco1)c1ccc2c(c1)Cc1ccccc1-2. The Morgan fingerprint density at radius 2 is 1.87 bits per heavy atom. The van der Waals surface area contributed by atoms with Gasteiger partial charge in [-0.1, -0.05) is 42.5 Å². The van der Waals surface area contributed by atoms with Crippen LogP contribution in [0.2, 0.25) is 0 Å². The number of furan rings is 1. The summed E-state index contributed by atoms with van der Waals surface area (Å²) < 4.78 is 5.14. The van der Waals surface area contributed by atoms with Gasteiger partial charge in [0, 0.05) is 0 Å². The standard InChI is InChI=1S/C20H17NO2/c1-13(21-20(22)19-7-4-10-23-19)14-8-9-18-16(11-14)12-15-5-2-3-6-17(15)18/h2-11,13H,12H2,1H3,(H,21,22). The van der Waals surface area contributed by atoms with Gasteiger partial charge in [-0.05, 0) is 53.3 Å². The van der Waals surface area contributed by atoms with E-state index in [1.54, 1.807) is 12.1 Å². The van der Waals surface area contributed by atoms with Gasteiger partial charge >= 0.3 is 0 Å². The fraction of sp³-hybridized carbons (Fsp3) is 0.150. The van der Waals surface area contributed by atoms with Crippen LogP contribution >= 0.6 is 0 Å². The topological polar surface area (TPSA) is 42.2 Å². The maximum absolute atomic E-state index is 12.1. The lowest BCUT2D eigenvalue weighted by Gasteiger charge is -2.15. The summed E-state index contributed by atoms with van der Waals surface area (Å²) in [6.45, 7) is 1.99. The molecule has 0 spiro atoms. The number of hydrogen-bond acceptors (Lipinski definition) is 2. The second-order valence-electron chi connectivity index (χ2n) is 5.92. The van der Waals surface area contributed by atoms with Gasteiger partial charge in [-0.3, -0.25) is 4.79 Å². The van der Waals surface area contributed by atoms with Crippen LogP contribution in [0.15, 0.2) is 65.3 Å². The highest BCUT2D eigenvalue weighted by atomic mass is 16.3. The van der Waals surface area contributed by atoms with Gasteiger partial charge in [0.15, 0.2) is 5.76 Å². The van der Waals surface area contributed by atoms with Crippen LogP contribution in [-0.2, 0) is 6.42 Å². The molecule has 0 saturated heterocycles. The van der Waals surface area contributed by atoms with Gasteiger partial charge in [-0.2, -0.15) is 0 Å².